The second kappa shape index (κ2) is 9.59. The van der Waals surface area contributed by atoms with Gasteiger partial charge in [0.25, 0.3) is 0 Å². The molecule has 0 aliphatic rings. The summed E-state index contributed by atoms with van der Waals surface area (Å²) in [6.45, 7) is 4.66. The van der Waals surface area contributed by atoms with E-state index in [1.165, 1.54) is 0 Å². The molecule has 0 amide bonds. The SMILES string of the molecule is CC#CCCOCC(N)COCCn1ccnn1. The van der Waals surface area contributed by atoms with Crippen molar-refractivity contribution in [2.45, 2.75) is 25.9 Å². The summed E-state index contributed by atoms with van der Waals surface area (Å²) in [5.41, 5.74) is 5.83. The monoisotopic (exact) mass is 252 g/mol. The van der Waals surface area contributed by atoms with E-state index in [4.69, 9.17) is 15.2 Å². The van der Waals surface area contributed by atoms with Crippen molar-refractivity contribution in [1.29, 1.82) is 0 Å². The number of rotatable bonds is 9. The highest BCUT2D eigenvalue weighted by atomic mass is 16.5. The largest absolute Gasteiger partial charge is 0.379 e. The summed E-state index contributed by atoms with van der Waals surface area (Å²) in [6, 6.07) is -0.102. The predicted octanol–water partition coefficient (Wildman–Crippen LogP) is 0.0520. The number of aromatic nitrogens is 3. The van der Waals surface area contributed by atoms with Crippen molar-refractivity contribution in [2.24, 2.45) is 5.73 Å². The minimum atomic E-state index is -0.102. The van der Waals surface area contributed by atoms with Crippen LogP contribution in [0.4, 0.5) is 0 Å². The van der Waals surface area contributed by atoms with Crippen molar-refractivity contribution in [3.05, 3.63) is 12.4 Å². The zero-order valence-electron chi connectivity index (χ0n) is 10.7. The summed E-state index contributed by atoms with van der Waals surface area (Å²) in [5.74, 6) is 5.74. The van der Waals surface area contributed by atoms with E-state index in [0.717, 1.165) is 6.42 Å². The molecule has 1 aromatic rings. The van der Waals surface area contributed by atoms with Crippen LogP contribution < -0.4 is 5.73 Å². The Bertz CT molecular complexity index is 356. The second-order valence-electron chi connectivity index (χ2n) is 3.75. The quantitative estimate of drug-likeness (QED) is 0.496. The molecule has 100 valence electrons. The van der Waals surface area contributed by atoms with E-state index in [1.807, 2.05) is 6.92 Å². The first-order valence-electron chi connectivity index (χ1n) is 5.97. The number of nitrogens with zero attached hydrogens (tertiary/aromatic N) is 3. The molecule has 1 unspecified atom stereocenters. The second-order valence-corrected chi connectivity index (χ2v) is 3.75. The van der Waals surface area contributed by atoms with Gasteiger partial charge in [-0.25, -0.2) is 0 Å². The summed E-state index contributed by atoms with van der Waals surface area (Å²) < 4.78 is 12.5. The Morgan fingerprint density at radius 2 is 2.11 bits per heavy atom. The lowest BCUT2D eigenvalue weighted by Gasteiger charge is -2.12. The van der Waals surface area contributed by atoms with Crippen molar-refractivity contribution in [3.63, 3.8) is 0 Å². The number of nitrogens with two attached hydrogens (primary N) is 1. The lowest BCUT2D eigenvalue weighted by Crippen LogP contribution is -2.32. The Labute approximate surface area is 107 Å². The van der Waals surface area contributed by atoms with Gasteiger partial charge in [-0.05, 0) is 6.92 Å². The van der Waals surface area contributed by atoms with Crippen molar-refractivity contribution in [2.75, 3.05) is 26.4 Å². The van der Waals surface area contributed by atoms with Crippen LogP contribution in [0.1, 0.15) is 13.3 Å². The Hall–Kier alpha value is -1.42. The van der Waals surface area contributed by atoms with Gasteiger partial charge in [0.2, 0.25) is 0 Å². The molecular formula is C12H20N4O2. The number of hydrogen-bond acceptors (Lipinski definition) is 5. The minimum absolute atomic E-state index is 0.102. The van der Waals surface area contributed by atoms with Crippen LogP contribution in [0.2, 0.25) is 0 Å². The van der Waals surface area contributed by atoms with Crippen LogP contribution in [-0.2, 0) is 16.0 Å². The maximum Gasteiger partial charge on any atom is 0.0692 e. The van der Waals surface area contributed by atoms with Gasteiger partial charge in [0.1, 0.15) is 0 Å². The normalized spacial score (nSPS) is 11.9. The fourth-order valence-electron chi connectivity index (χ4n) is 1.28. The van der Waals surface area contributed by atoms with Crippen LogP contribution in [0.3, 0.4) is 0 Å². The third-order valence-electron chi connectivity index (χ3n) is 2.15. The van der Waals surface area contributed by atoms with Gasteiger partial charge in [-0.2, -0.15) is 0 Å². The molecule has 0 radical (unpaired) electrons. The molecule has 1 aromatic heterocycles. The van der Waals surface area contributed by atoms with Gasteiger partial charge in [0.15, 0.2) is 0 Å². The topological polar surface area (TPSA) is 75.2 Å². The third kappa shape index (κ3) is 7.01. The summed E-state index contributed by atoms with van der Waals surface area (Å²) in [4.78, 5) is 0. The van der Waals surface area contributed by atoms with Gasteiger partial charge >= 0.3 is 0 Å². The first-order chi connectivity index (χ1) is 8.83. The zero-order valence-corrected chi connectivity index (χ0v) is 10.7. The van der Waals surface area contributed by atoms with Crippen molar-refractivity contribution in [3.8, 4) is 11.8 Å². The standard InChI is InChI=1S/C12H20N4O2/c1-2-3-4-8-17-10-12(13)11-18-9-7-16-6-5-14-15-16/h5-6,12H,4,7-11,13H2,1H3. The molecule has 0 bridgehead atoms. The fraction of sp³-hybridized carbons (Fsp3) is 0.667. The summed E-state index contributed by atoms with van der Waals surface area (Å²) in [7, 11) is 0. The maximum absolute atomic E-state index is 5.83. The lowest BCUT2D eigenvalue weighted by molar-refractivity contribution is 0.0654. The molecule has 6 heteroatoms. The van der Waals surface area contributed by atoms with Gasteiger partial charge in [0.05, 0.1) is 45.2 Å². The van der Waals surface area contributed by atoms with Crippen LogP contribution in [0.15, 0.2) is 12.4 Å². The Morgan fingerprint density at radius 3 is 2.78 bits per heavy atom. The molecule has 1 atom stereocenters. The molecular weight excluding hydrogens is 232 g/mol. The number of hydrogen-bond donors (Lipinski definition) is 1. The van der Waals surface area contributed by atoms with E-state index >= 15 is 0 Å². The zero-order chi connectivity index (χ0) is 13.1. The van der Waals surface area contributed by atoms with E-state index in [0.29, 0.717) is 33.0 Å². The molecule has 6 nitrogen and oxygen atoms in total. The predicted molar refractivity (Wildman–Crippen MR) is 67.7 cm³/mol. The first-order valence-corrected chi connectivity index (χ1v) is 5.97. The highest BCUT2D eigenvalue weighted by molar-refractivity contribution is 4.94. The summed E-state index contributed by atoms with van der Waals surface area (Å²) in [5, 5.41) is 7.53. The van der Waals surface area contributed by atoms with Gasteiger partial charge in [-0.3, -0.25) is 4.68 Å². The molecule has 2 N–H and O–H groups in total. The van der Waals surface area contributed by atoms with E-state index in [2.05, 4.69) is 22.2 Å². The van der Waals surface area contributed by atoms with Gasteiger partial charge in [0, 0.05) is 12.6 Å². The van der Waals surface area contributed by atoms with Crippen molar-refractivity contribution >= 4 is 0 Å². The van der Waals surface area contributed by atoms with E-state index < -0.39 is 0 Å². The molecule has 0 aliphatic carbocycles. The van der Waals surface area contributed by atoms with Crippen LogP contribution in [0.5, 0.6) is 0 Å². The molecule has 1 rings (SSSR count). The average molecular weight is 252 g/mol. The molecule has 0 spiro atoms. The van der Waals surface area contributed by atoms with Crippen LogP contribution >= 0.6 is 0 Å². The van der Waals surface area contributed by atoms with Crippen molar-refractivity contribution in [1.82, 2.24) is 15.0 Å². The third-order valence-corrected chi connectivity index (χ3v) is 2.15. The van der Waals surface area contributed by atoms with Crippen LogP contribution in [0.25, 0.3) is 0 Å². The smallest absolute Gasteiger partial charge is 0.0692 e. The highest BCUT2D eigenvalue weighted by Gasteiger charge is 2.02. The molecule has 18 heavy (non-hydrogen) atoms. The summed E-state index contributed by atoms with van der Waals surface area (Å²) >= 11 is 0. The van der Waals surface area contributed by atoms with Gasteiger partial charge in [-0.15, -0.1) is 16.9 Å². The summed E-state index contributed by atoms with van der Waals surface area (Å²) in [6.07, 6.45) is 4.18. The van der Waals surface area contributed by atoms with Crippen molar-refractivity contribution < 1.29 is 9.47 Å². The van der Waals surface area contributed by atoms with Gasteiger partial charge < -0.3 is 15.2 Å². The lowest BCUT2D eigenvalue weighted by atomic mass is 10.3. The van der Waals surface area contributed by atoms with Crippen LogP contribution in [0, 0.1) is 11.8 Å². The molecule has 1 heterocycles. The Kier molecular flexibility index (Phi) is 7.80. The Balaban J connectivity index is 1.92. The fourth-order valence-corrected chi connectivity index (χ4v) is 1.28. The van der Waals surface area contributed by atoms with Crippen LogP contribution in [-0.4, -0.2) is 47.5 Å². The highest BCUT2D eigenvalue weighted by Crippen LogP contribution is 1.89. The molecule has 0 saturated heterocycles. The average Bonchev–Trinajstić information content (AvgIpc) is 2.87. The minimum Gasteiger partial charge on any atom is -0.379 e. The van der Waals surface area contributed by atoms with E-state index in [1.54, 1.807) is 17.1 Å². The molecule has 0 aliphatic heterocycles. The van der Waals surface area contributed by atoms with Gasteiger partial charge in [-0.1, -0.05) is 5.21 Å². The number of ether oxygens (including phenoxy) is 2. The molecule has 0 fully saturated rings. The maximum atomic E-state index is 5.83. The molecule has 0 aromatic carbocycles. The van der Waals surface area contributed by atoms with E-state index in [-0.39, 0.29) is 6.04 Å². The van der Waals surface area contributed by atoms with E-state index in [9.17, 15) is 0 Å². The molecule has 0 saturated carbocycles. The first kappa shape index (κ1) is 14.6. The Morgan fingerprint density at radius 1 is 1.33 bits per heavy atom.